The highest BCUT2D eigenvalue weighted by Gasteiger charge is 2.53. The molecule has 0 spiro atoms. The van der Waals surface area contributed by atoms with Gasteiger partial charge in [-0.1, -0.05) is 81.4 Å². The van der Waals surface area contributed by atoms with Gasteiger partial charge in [0.25, 0.3) is 0 Å². The lowest BCUT2D eigenvalue weighted by Crippen LogP contribution is -2.52. The monoisotopic (exact) mass is 408 g/mol. The van der Waals surface area contributed by atoms with E-state index in [9.17, 15) is 0 Å². The van der Waals surface area contributed by atoms with Crippen molar-refractivity contribution in [1.29, 1.82) is 0 Å². The molecule has 0 saturated heterocycles. The second-order valence-electron chi connectivity index (χ2n) is 9.95. The third-order valence-corrected chi connectivity index (χ3v) is 6.96. The zero-order chi connectivity index (χ0) is 21.3. The fourth-order valence-electron chi connectivity index (χ4n) is 4.94. The molecule has 0 atom stereocenters. The van der Waals surface area contributed by atoms with E-state index in [-0.39, 0.29) is 5.41 Å². The van der Waals surface area contributed by atoms with Crippen molar-refractivity contribution in [1.82, 2.24) is 0 Å². The van der Waals surface area contributed by atoms with Gasteiger partial charge in [-0.3, -0.25) is 0 Å². The van der Waals surface area contributed by atoms with Crippen LogP contribution in [0.4, 0.5) is 0 Å². The molecule has 2 aromatic rings. The van der Waals surface area contributed by atoms with Gasteiger partial charge in [-0.15, -0.1) is 0 Å². The number of hydrogen-bond acceptors (Lipinski definition) is 2. The number of ether oxygens (including phenoxy) is 2. The lowest BCUT2D eigenvalue weighted by atomic mass is 9.50. The summed E-state index contributed by atoms with van der Waals surface area (Å²) in [7, 11) is 0. The van der Waals surface area contributed by atoms with Gasteiger partial charge in [0.05, 0.1) is 13.2 Å². The summed E-state index contributed by atoms with van der Waals surface area (Å²) in [5, 5.41) is 0. The van der Waals surface area contributed by atoms with Gasteiger partial charge >= 0.3 is 0 Å². The van der Waals surface area contributed by atoms with Crippen molar-refractivity contribution in [3.05, 3.63) is 71.8 Å². The lowest BCUT2D eigenvalue weighted by molar-refractivity contribution is -0.144. The molecule has 2 heteroatoms. The van der Waals surface area contributed by atoms with Crippen LogP contribution >= 0.6 is 0 Å². The maximum Gasteiger partial charge on any atom is 0.0544 e. The SMILES string of the molecule is CC(C)C1(C)CC(COCCCc2ccccc2)(COCCCc2ccccc2)C1. The van der Waals surface area contributed by atoms with E-state index in [1.54, 1.807) is 0 Å². The predicted molar refractivity (Wildman–Crippen MR) is 126 cm³/mol. The Morgan fingerprint density at radius 2 is 1.17 bits per heavy atom. The molecule has 30 heavy (non-hydrogen) atoms. The highest BCUT2D eigenvalue weighted by molar-refractivity contribution is 5.15. The molecule has 0 unspecified atom stereocenters. The number of rotatable bonds is 13. The number of hydrogen-bond donors (Lipinski definition) is 0. The molecule has 0 bridgehead atoms. The van der Waals surface area contributed by atoms with Crippen molar-refractivity contribution in [3.63, 3.8) is 0 Å². The fraction of sp³-hybridized carbons (Fsp3) is 0.571. The van der Waals surface area contributed by atoms with Crippen LogP contribution in [0.5, 0.6) is 0 Å². The van der Waals surface area contributed by atoms with Crippen LogP contribution in [0.15, 0.2) is 60.7 Å². The summed E-state index contributed by atoms with van der Waals surface area (Å²) in [4.78, 5) is 0. The van der Waals surface area contributed by atoms with E-state index in [1.165, 1.54) is 24.0 Å². The molecular formula is C28H40O2. The minimum atomic E-state index is 0.207. The Labute approximate surface area is 184 Å². The van der Waals surface area contributed by atoms with Crippen LogP contribution < -0.4 is 0 Å². The number of benzene rings is 2. The molecule has 0 radical (unpaired) electrons. The van der Waals surface area contributed by atoms with Gasteiger partial charge in [0.1, 0.15) is 0 Å². The van der Waals surface area contributed by atoms with E-state index in [4.69, 9.17) is 9.47 Å². The van der Waals surface area contributed by atoms with Gasteiger partial charge in [-0.25, -0.2) is 0 Å². The van der Waals surface area contributed by atoms with E-state index in [2.05, 4.69) is 81.4 Å². The van der Waals surface area contributed by atoms with Gasteiger partial charge < -0.3 is 9.47 Å². The van der Waals surface area contributed by atoms with Crippen molar-refractivity contribution in [2.45, 2.75) is 59.3 Å². The van der Waals surface area contributed by atoms with Crippen molar-refractivity contribution in [2.24, 2.45) is 16.7 Å². The van der Waals surface area contributed by atoms with E-state index in [0.717, 1.165) is 52.1 Å². The summed E-state index contributed by atoms with van der Waals surface area (Å²) in [6.45, 7) is 10.5. The molecule has 0 heterocycles. The maximum atomic E-state index is 6.18. The zero-order valence-electron chi connectivity index (χ0n) is 19.2. The Bertz CT molecular complexity index is 665. The average Bonchev–Trinajstić information content (AvgIpc) is 2.73. The summed E-state index contributed by atoms with van der Waals surface area (Å²) in [6.07, 6.45) is 6.78. The van der Waals surface area contributed by atoms with E-state index < -0.39 is 0 Å². The second kappa shape index (κ2) is 11.1. The Morgan fingerprint density at radius 1 is 0.733 bits per heavy atom. The Balaban J connectivity index is 1.38. The maximum absolute atomic E-state index is 6.18. The van der Waals surface area contributed by atoms with E-state index in [1.807, 2.05) is 0 Å². The molecule has 164 valence electrons. The first kappa shape index (κ1) is 23.0. The highest BCUT2D eigenvalue weighted by Crippen LogP contribution is 2.58. The Hall–Kier alpha value is -1.64. The van der Waals surface area contributed by atoms with Crippen LogP contribution in [0.2, 0.25) is 0 Å². The minimum Gasteiger partial charge on any atom is -0.381 e. The van der Waals surface area contributed by atoms with Crippen LogP contribution in [-0.2, 0) is 22.3 Å². The van der Waals surface area contributed by atoms with Crippen molar-refractivity contribution >= 4 is 0 Å². The Morgan fingerprint density at radius 3 is 1.57 bits per heavy atom. The van der Waals surface area contributed by atoms with E-state index >= 15 is 0 Å². The topological polar surface area (TPSA) is 18.5 Å². The molecule has 1 aliphatic rings. The first-order valence-corrected chi connectivity index (χ1v) is 11.7. The third-order valence-electron chi connectivity index (χ3n) is 6.96. The molecular weight excluding hydrogens is 368 g/mol. The van der Waals surface area contributed by atoms with Crippen LogP contribution in [0.3, 0.4) is 0 Å². The normalized spacial score (nSPS) is 17.1. The summed E-state index contributed by atoms with van der Waals surface area (Å²) in [5.41, 5.74) is 3.43. The molecule has 0 aliphatic heterocycles. The molecule has 2 nitrogen and oxygen atoms in total. The first-order valence-electron chi connectivity index (χ1n) is 11.7. The summed E-state index contributed by atoms with van der Waals surface area (Å²) in [6, 6.07) is 21.4. The van der Waals surface area contributed by atoms with Gasteiger partial charge in [0, 0.05) is 18.6 Å². The Kier molecular flexibility index (Phi) is 8.53. The molecule has 0 aromatic heterocycles. The quantitative estimate of drug-likeness (QED) is 0.342. The molecule has 2 aromatic carbocycles. The lowest BCUT2D eigenvalue weighted by Gasteiger charge is -2.57. The standard InChI is InChI=1S/C28H40O2/c1-24(2)27(3)20-28(21-27,22-29-18-10-16-25-12-6-4-7-13-25)23-30-19-11-17-26-14-8-5-9-15-26/h4-9,12-15,24H,10-11,16-23H2,1-3H3. The molecule has 1 saturated carbocycles. The van der Waals surface area contributed by atoms with Gasteiger partial charge in [-0.2, -0.15) is 0 Å². The summed E-state index contributed by atoms with van der Waals surface area (Å²) >= 11 is 0. The second-order valence-corrected chi connectivity index (χ2v) is 9.95. The van der Waals surface area contributed by atoms with Crippen LogP contribution in [0.25, 0.3) is 0 Å². The van der Waals surface area contributed by atoms with Crippen LogP contribution in [0.1, 0.15) is 57.6 Å². The van der Waals surface area contributed by atoms with Crippen molar-refractivity contribution < 1.29 is 9.47 Å². The average molecular weight is 409 g/mol. The van der Waals surface area contributed by atoms with Crippen molar-refractivity contribution in [2.75, 3.05) is 26.4 Å². The molecule has 0 N–H and O–H groups in total. The largest absolute Gasteiger partial charge is 0.381 e. The van der Waals surface area contributed by atoms with Gasteiger partial charge in [0.15, 0.2) is 0 Å². The van der Waals surface area contributed by atoms with Gasteiger partial charge in [0.2, 0.25) is 0 Å². The molecule has 0 amide bonds. The third kappa shape index (κ3) is 6.68. The minimum absolute atomic E-state index is 0.207. The smallest absolute Gasteiger partial charge is 0.0544 e. The molecule has 1 fully saturated rings. The van der Waals surface area contributed by atoms with Crippen LogP contribution in [-0.4, -0.2) is 26.4 Å². The first-order chi connectivity index (χ1) is 14.5. The molecule has 3 rings (SSSR count). The molecule has 1 aliphatic carbocycles. The van der Waals surface area contributed by atoms with Crippen molar-refractivity contribution in [3.8, 4) is 0 Å². The highest BCUT2D eigenvalue weighted by atomic mass is 16.5. The van der Waals surface area contributed by atoms with Crippen LogP contribution in [0, 0.1) is 16.7 Å². The summed E-state index contributed by atoms with van der Waals surface area (Å²) < 4.78 is 12.4. The van der Waals surface area contributed by atoms with Gasteiger partial charge in [-0.05, 0) is 61.0 Å². The predicted octanol–water partition coefficient (Wildman–Crippen LogP) is 6.73. The van der Waals surface area contributed by atoms with E-state index in [0.29, 0.717) is 11.3 Å². The number of aryl methyl sites for hydroxylation is 2. The summed E-state index contributed by atoms with van der Waals surface area (Å²) in [5.74, 6) is 0.710. The zero-order valence-corrected chi connectivity index (χ0v) is 19.2. The fourth-order valence-corrected chi connectivity index (χ4v) is 4.94.